The minimum absolute atomic E-state index is 0.0532. The molecule has 0 unspecified atom stereocenters. The van der Waals surface area contributed by atoms with Gasteiger partial charge >= 0.3 is 0 Å². The molecule has 0 radical (unpaired) electrons. The number of morpholine rings is 1. The number of benzene rings is 1. The van der Waals surface area contributed by atoms with E-state index in [9.17, 15) is 9.18 Å². The molecule has 1 aliphatic rings. The number of carbonyl (C=O) groups is 1. The molecule has 2 N–H and O–H groups in total. The standard InChI is InChI=1S/C21H33ClFN5O2/c1-21(2,17-6-5-16(23)13-18(17)22)15-26-20(25-14-19(29)27(3)4)24-7-8-28-9-11-30-12-10-28/h5-6,13H,7-12,14-15H2,1-4H3,(H2,24,25,26). The first-order valence-corrected chi connectivity index (χ1v) is 10.5. The number of hydrogen-bond donors (Lipinski definition) is 2. The maximum absolute atomic E-state index is 13.4. The van der Waals surface area contributed by atoms with Crippen LogP contribution in [0.15, 0.2) is 23.2 Å². The number of aliphatic imine (C=N–C) groups is 1. The average Bonchev–Trinajstić information content (AvgIpc) is 2.69. The molecular formula is C21H33ClFN5O2. The fourth-order valence-electron chi connectivity index (χ4n) is 3.06. The van der Waals surface area contributed by atoms with Crippen LogP contribution < -0.4 is 10.6 Å². The Morgan fingerprint density at radius 3 is 2.63 bits per heavy atom. The van der Waals surface area contributed by atoms with E-state index >= 15 is 0 Å². The number of rotatable bonds is 8. The molecular weight excluding hydrogens is 409 g/mol. The molecule has 1 aliphatic heterocycles. The van der Waals surface area contributed by atoms with Crippen molar-refractivity contribution in [2.75, 3.05) is 66.6 Å². The van der Waals surface area contributed by atoms with Crippen molar-refractivity contribution in [2.24, 2.45) is 4.99 Å². The van der Waals surface area contributed by atoms with E-state index in [4.69, 9.17) is 16.3 Å². The van der Waals surface area contributed by atoms with Crippen molar-refractivity contribution in [3.05, 3.63) is 34.6 Å². The summed E-state index contributed by atoms with van der Waals surface area (Å²) in [5, 5.41) is 7.00. The lowest BCUT2D eigenvalue weighted by atomic mass is 9.84. The number of guanidine groups is 1. The Kier molecular flexibility index (Phi) is 9.33. The molecule has 1 aromatic carbocycles. The van der Waals surface area contributed by atoms with Crippen molar-refractivity contribution >= 4 is 23.5 Å². The van der Waals surface area contributed by atoms with Gasteiger partial charge in [0.05, 0.1) is 13.2 Å². The molecule has 0 aliphatic carbocycles. The molecule has 0 spiro atoms. The summed E-state index contributed by atoms with van der Waals surface area (Å²) in [6.45, 7) is 9.50. The first kappa shape index (κ1) is 24.4. The van der Waals surface area contributed by atoms with Gasteiger partial charge in [0, 0.05) is 57.3 Å². The van der Waals surface area contributed by atoms with Crippen molar-refractivity contribution in [3.63, 3.8) is 0 Å². The van der Waals surface area contributed by atoms with E-state index in [1.807, 2.05) is 13.8 Å². The van der Waals surface area contributed by atoms with Crippen molar-refractivity contribution in [2.45, 2.75) is 19.3 Å². The van der Waals surface area contributed by atoms with Gasteiger partial charge in [0.1, 0.15) is 12.4 Å². The first-order valence-electron chi connectivity index (χ1n) is 10.2. The van der Waals surface area contributed by atoms with Crippen molar-refractivity contribution in [1.82, 2.24) is 20.4 Å². The zero-order chi connectivity index (χ0) is 22.1. The Labute approximate surface area is 183 Å². The molecule has 1 aromatic rings. The second-order valence-electron chi connectivity index (χ2n) is 8.20. The molecule has 0 bridgehead atoms. The number of ether oxygens (including phenoxy) is 1. The van der Waals surface area contributed by atoms with Gasteiger partial charge < -0.3 is 20.3 Å². The molecule has 1 saturated heterocycles. The number of amides is 1. The number of nitrogens with one attached hydrogen (secondary N) is 2. The first-order chi connectivity index (χ1) is 14.2. The van der Waals surface area contributed by atoms with Gasteiger partial charge in [-0.15, -0.1) is 0 Å². The van der Waals surface area contributed by atoms with E-state index < -0.39 is 0 Å². The zero-order valence-corrected chi connectivity index (χ0v) is 19.1. The maximum atomic E-state index is 13.4. The fraction of sp³-hybridized carbons (Fsp3) is 0.619. The third-order valence-corrected chi connectivity index (χ3v) is 5.37. The van der Waals surface area contributed by atoms with E-state index in [0.29, 0.717) is 24.1 Å². The molecule has 1 heterocycles. The Morgan fingerprint density at radius 1 is 1.30 bits per heavy atom. The molecule has 1 fully saturated rings. The molecule has 9 heteroatoms. The van der Waals surface area contributed by atoms with E-state index in [2.05, 4.69) is 20.5 Å². The minimum Gasteiger partial charge on any atom is -0.379 e. The molecule has 168 valence electrons. The number of halogens is 2. The summed E-state index contributed by atoms with van der Waals surface area (Å²) in [5.41, 5.74) is 0.471. The molecule has 2 rings (SSSR count). The van der Waals surface area contributed by atoms with Gasteiger partial charge in [0.2, 0.25) is 5.91 Å². The average molecular weight is 442 g/mol. The van der Waals surface area contributed by atoms with Crippen LogP contribution in [0.2, 0.25) is 5.02 Å². The largest absolute Gasteiger partial charge is 0.379 e. The smallest absolute Gasteiger partial charge is 0.243 e. The molecule has 0 aromatic heterocycles. The predicted octanol–water partition coefficient (Wildman–Crippen LogP) is 1.71. The Balaban J connectivity index is 1.99. The Bertz CT molecular complexity index is 736. The van der Waals surface area contributed by atoms with Crippen molar-refractivity contribution < 1.29 is 13.9 Å². The number of carbonyl (C=O) groups excluding carboxylic acids is 1. The second-order valence-corrected chi connectivity index (χ2v) is 8.60. The highest BCUT2D eigenvalue weighted by Gasteiger charge is 2.24. The van der Waals surface area contributed by atoms with Gasteiger partial charge in [-0.3, -0.25) is 9.69 Å². The van der Waals surface area contributed by atoms with E-state index in [-0.39, 0.29) is 23.7 Å². The number of nitrogens with zero attached hydrogens (tertiary/aromatic N) is 3. The highest BCUT2D eigenvalue weighted by atomic mass is 35.5. The summed E-state index contributed by atoms with van der Waals surface area (Å²) in [4.78, 5) is 20.2. The highest BCUT2D eigenvalue weighted by molar-refractivity contribution is 6.31. The predicted molar refractivity (Wildman–Crippen MR) is 119 cm³/mol. The van der Waals surface area contributed by atoms with Gasteiger partial charge in [-0.25, -0.2) is 9.38 Å². The molecule has 7 nitrogen and oxygen atoms in total. The van der Waals surface area contributed by atoms with Crippen LogP contribution in [0, 0.1) is 5.82 Å². The number of likely N-dealkylation sites (N-methyl/N-ethyl adjacent to an activating group) is 1. The van der Waals surface area contributed by atoms with E-state index in [1.165, 1.54) is 17.0 Å². The van der Waals surface area contributed by atoms with Crippen LogP contribution in [0.1, 0.15) is 19.4 Å². The van der Waals surface area contributed by atoms with Crippen LogP contribution >= 0.6 is 11.6 Å². The summed E-state index contributed by atoms with van der Waals surface area (Å²) in [6.07, 6.45) is 0. The van der Waals surface area contributed by atoms with E-state index in [1.54, 1.807) is 20.2 Å². The second kappa shape index (κ2) is 11.5. The monoisotopic (exact) mass is 441 g/mol. The molecule has 30 heavy (non-hydrogen) atoms. The molecule has 0 atom stereocenters. The van der Waals surface area contributed by atoms with Crippen molar-refractivity contribution in [1.29, 1.82) is 0 Å². The highest BCUT2D eigenvalue weighted by Crippen LogP contribution is 2.29. The van der Waals surface area contributed by atoms with Crippen LogP contribution in [0.3, 0.4) is 0 Å². The van der Waals surface area contributed by atoms with Gasteiger partial charge in [-0.2, -0.15) is 0 Å². The van der Waals surface area contributed by atoms with Crippen molar-refractivity contribution in [3.8, 4) is 0 Å². The van der Waals surface area contributed by atoms with Gasteiger partial charge in [-0.1, -0.05) is 31.5 Å². The lowest BCUT2D eigenvalue weighted by Crippen LogP contribution is -2.47. The molecule has 1 amide bonds. The Hall–Kier alpha value is -1.90. The SMILES string of the molecule is CN(C)C(=O)CN=C(NCCN1CCOCC1)NCC(C)(C)c1ccc(F)cc1Cl. The van der Waals surface area contributed by atoms with Gasteiger partial charge in [0.15, 0.2) is 5.96 Å². The minimum atomic E-state index is -0.372. The summed E-state index contributed by atoms with van der Waals surface area (Å²) in [6, 6.07) is 4.44. The van der Waals surface area contributed by atoms with Gasteiger partial charge in [0.25, 0.3) is 0 Å². The quantitative estimate of drug-likeness (QED) is 0.475. The normalized spacial score (nSPS) is 15.7. The fourth-order valence-corrected chi connectivity index (χ4v) is 3.48. The summed E-state index contributed by atoms with van der Waals surface area (Å²) in [5.74, 6) is 0.122. The van der Waals surface area contributed by atoms with Crippen LogP contribution in [0.4, 0.5) is 4.39 Å². The van der Waals surface area contributed by atoms with Crippen LogP contribution in [-0.4, -0.2) is 88.2 Å². The topological polar surface area (TPSA) is 69.2 Å². The third-order valence-electron chi connectivity index (χ3n) is 5.05. The van der Waals surface area contributed by atoms with Crippen LogP contribution in [0.5, 0.6) is 0 Å². The summed E-state index contributed by atoms with van der Waals surface area (Å²) < 4.78 is 18.8. The molecule has 0 saturated carbocycles. The summed E-state index contributed by atoms with van der Waals surface area (Å²) >= 11 is 6.26. The summed E-state index contributed by atoms with van der Waals surface area (Å²) in [7, 11) is 3.41. The van der Waals surface area contributed by atoms with Gasteiger partial charge in [-0.05, 0) is 17.7 Å². The Morgan fingerprint density at radius 2 is 2.00 bits per heavy atom. The lowest BCUT2D eigenvalue weighted by Gasteiger charge is -2.29. The number of hydrogen-bond acceptors (Lipinski definition) is 4. The van der Waals surface area contributed by atoms with Crippen LogP contribution in [0.25, 0.3) is 0 Å². The van der Waals surface area contributed by atoms with E-state index in [0.717, 1.165) is 38.4 Å². The zero-order valence-electron chi connectivity index (χ0n) is 18.3. The lowest BCUT2D eigenvalue weighted by molar-refractivity contribution is -0.127. The third kappa shape index (κ3) is 7.74. The van der Waals surface area contributed by atoms with Crippen LogP contribution in [-0.2, 0) is 14.9 Å². The maximum Gasteiger partial charge on any atom is 0.243 e.